The van der Waals surface area contributed by atoms with Gasteiger partial charge in [0.05, 0.1) is 5.94 Å². The zero-order chi connectivity index (χ0) is 22.4. The van der Waals surface area contributed by atoms with Gasteiger partial charge in [-0.25, -0.2) is 9.59 Å². The summed E-state index contributed by atoms with van der Waals surface area (Å²) in [6.45, 7) is 3.13. The Kier molecular flexibility index (Phi) is 7.78. The molecule has 1 aromatic rings. The Hall–Kier alpha value is -2.75. The second-order valence-electron chi connectivity index (χ2n) is 7.75. The maximum Gasteiger partial charge on any atom is 0.547 e. The summed E-state index contributed by atoms with van der Waals surface area (Å²) in [4.78, 5) is 36.2. The number of hydrogen-bond donors (Lipinski definition) is 2. The minimum atomic E-state index is -1.31. The van der Waals surface area contributed by atoms with Crippen LogP contribution in [0.5, 0.6) is 5.75 Å². The molecule has 10 heteroatoms. The van der Waals surface area contributed by atoms with Crippen molar-refractivity contribution in [3.8, 4) is 5.75 Å². The number of amides is 1. The van der Waals surface area contributed by atoms with Gasteiger partial charge in [-0.15, -0.1) is 0 Å². The first-order valence-electron chi connectivity index (χ1n) is 10.7. The van der Waals surface area contributed by atoms with Gasteiger partial charge < -0.3 is 29.2 Å². The summed E-state index contributed by atoms with van der Waals surface area (Å²) in [5, 5.41) is 12.9. The van der Waals surface area contributed by atoms with Gasteiger partial charge in [-0.3, -0.25) is 4.79 Å². The number of hydrogen-bond acceptors (Lipinski definition) is 8. The lowest BCUT2D eigenvalue weighted by Crippen LogP contribution is -2.53. The molecular formula is C21H28BNO8. The van der Waals surface area contributed by atoms with Gasteiger partial charge in [-0.05, 0) is 43.7 Å². The third kappa shape index (κ3) is 6.13. The molecule has 2 N–H and O–H groups in total. The van der Waals surface area contributed by atoms with Crippen LogP contribution in [0.2, 0.25) is 0 Å². The molecule has 0 aromatic heterocycles. The highest BCUT2D eigenvalue weighted by atomic mass is 16.8. The second kappa shape index (κ2) is 10.5. The fourth-order valence-electron chi connectivity index (χ4n) is 3.74. The monoisotopic (exact) mass is 433 g/mol. The van der Waals surface area contributed by atoms with Crippen LogP contribution in [-0.2, 0) is 25.4 Å². The van der Waals surface area contributed by atoms with E-state index in [1.165, 1.54) is 13.0 Å². The van der Waals surface area contributed by atoms with Crippen LogP contribution < -0.4 is 9.97 Å². The molecule has 1 heterocycles. The Labute approximate surface area is 181 Å². The lowest BCUT2D eigenvalue weighted by molar-refractivity contribution is -0.121. The first kappa shape index (κ1) is 22.9. The van der Waals surface area contributed by atoms with Gasteiger partial charge in [-0.2, -0.15) is 0 Å². The largest absolute Gasteiger partial charge is 0.547 e. The number of carbonyl (C=O) groups is 3. The fourth-order valence-corrected chi connectivity index (χ4v) is 3.74. The molecule has 2 atom stereocenters. The van der Waals surface area contributed by atoms with Gasteiger partial charge in [-0.1, -0.05) is 25.5 Å². The number of benzene rings is 1. The molecular weight excluding hydrogens is 405 g/mol. The van der Waals surface area contributed by atoms with Gasteiger partial charge in [0.2, 0.25) is 12.2 Å². The summed E-state index contributed by atoms with van der Waals surface area (Å²) in [6.07, 6.45) is 3.14. The molecule has 3 rings (SSSR count). The van der Waals surface area contributed by atoms with Crippen molar-refractivity contribution in [3.63, 3.8) is 0 Å². The van der Waals surface area contributed by atoms with Crippen LogP contribution in [0.1, 0.15) is 68.3 Å². The van der Waals surface area contributed by atoms with Crippen LogP contribution in [0.15, 0.2) is 18.2 Å². The quantitative estimate of drug-likeness (QED) is 0.399. The molecule has 0 bridgehead atoms. The van der Waals surface area contributed by atoms with E-state index in [-0.39, 0.29) is 29.7 Å². The minimum Gasteiger partial charge on any atom is -0.534 e. The molecule has 1 amide bonds. The SMILES string of the molecule is CCC(=O)NC1Cc2cccc(C(=O)OC(C)OC(=O)OC3CCCCC3)c2OB1O. The minimum absolute atomic E-state index is 0.0907. The van der Waals surface area contributed by atoms with Crippen molar-refractivity contribution in [2.75, 3.05) is 0 Å². The van der Waals surface area contributed by atoms with E-state index in [4.69, 9.17) is 18.9 Å². The van der Waals surface area contributed by atoms with Crippen LogP contribution in [0.25, 0.3) is 0 Å². The van der Waals surface area contributed by atoms with Crippen LogP contribution >= 0.6 is 0 Å². The Bertz CT molecular complexity index is 811. The van der Waals surface area contributed by atoms with Crippen molar-refractivity contribution < 1.29 is 38.3 Å². The lowest BCUT2D eigenvalue weighted by Gasteiger charge is -2.29. The maximum atomic E-state index is 12.6. The number of nitrogens with one attached hydrogen (secondary N) is 1. The van der Waals surface area contributed by atoms with Crippen molar-refractivity contribution in [2.24, 2.45) is 0 Å². The van der Waals surface area contributed by atoms with Crippen molar-refractivity contribution >= 4 is 25.2 Å². The normalized spacial score (nSPS) is 19.5. The van der Waals surface area contributed by atoms with Gasteiger partial charge in [0.1, 0.15) is 17.4 Å². The molecule has 31 heavy (non-hydrogen) atoms. The van der Waals surface area contributed by atoms with E-state index in [0.29, 0.717) is 12.0 Å². The van der Waals surface area contributed by atoms with Gasteiger partial charge >= 0.3 is 19.2 Å². The average molecular weight is 433 g/mol. The number of ether oxygens (including phenoxy) is 3. The molecule has 9 nitrogen and oxygen atoms in total. The smallest absolute Gasteiger partial charge is 0.534 e. The summed E-state index contributed by atoms with van der Waals surface area (Å²) in [6, 6.07) is 4.88. The van der Waals surface area contributed by atoms with Crippen LogP contribution in [0.4, 0.5) is 4.79 Å². The highest BCUT2D eigenvalue weighted by Crippen LogP contribution is 2.31. The summed E-state index contributed by atoms with van der Waals surface area (Å²) in [7, 11) is -1.31. The Morgan fingerprint density at radius 3 is 2.68 bits per heavy atom. The molecule has 2 aliphatic rings. The first-order valence-corrected chi connectivity index (χ1v) is 10.7. The molecule has 1 saturated carbocycles. The van der Waals surface area contributed by atoms with E-state index >= 15 is 0 Å². The molecule has 168 valence electrons. The lowest BCUT2D eigenvalue weighted by atomic mass is 9.72. The predicted molar refractivity (Wildman–Crippen MR) is 110 cm³/mol. The zero-order valence-electron chi connectivity index (χ0n) is 17.8. The average Bonchev–Trinajstić information content (AvgIpc) is 2.74. The molecule has 1 aliphatic carbocycles. The van der Waals surface area contributed by atoms with E-state index < -0.39 is 31.5 Å². The van der Waals surface area contributed by atoms with E-state index in [2.05, 4.69) is 5.32 Å². The third-order valence-corrected chi connectivity index (χ3v) is 5.36. The predicted octanol–water partition coefficient (Wildman–Crippen LogP) is 2.52. The number of carbonyl (C=O) groups excluding carboxylic acids is 3. The molecule has 1 aromatic carbocycles. The second-order valence-corrected chi connectivity index (χ2v) is 7.75. The van der Waals surface area contributed by atoms with Crippen molar-refractivity contribution in [3.05, 3.63) is 29.3 Å². The maximum absolute atomic E-state index is 12.6. The molecule has 0 spiro atoms. The Balaban J connectivity index is 1.59. The highest BCUT2D eigenvalue weighted by molar-refractivity contribution is 6.47. The van der Waals surface area contributed by atoms with Crippen molar-refractivity contribution in [1.82, 2.24) is 5.32 Å². The molecule has 2 unspecified atom stereocenters. The number of esters is 1. The van der Waals surface area contributed by atoms with E-state index in [1.807, 2.05) is 0 Å². The van der Waals surface area contributed by atoms with Crippen LogP contribution in [-0.4, -0.2) is 48.5 Å². The number of rotatable bonds is 6. The summed E-state index contributed by atoms with van der Waals surface area (Å²) in [5.41, 5.74) is 0.736. The number of para-hydroxylation sites is 1. The number of fused-ring (bicyclic) bond motifs is 1. The third-order valence-electron chi connectivity index (χ3n) is 5.36. The fraction of sp³-hybridized carbons (Fsp3) is 0.571. The van der Waals surface area contributed by atoms with E-state index in [1.54, 1.807) is 19.1 Å². The molecule has 1 fully saturated rings. The van der Waals surface area contributed by atoms with Gasteiger partial charge in [0, 0.05) is 13.3 Å². The summed E-state index contributed by atoms with van der Waals surface area (Å²) in [5.74, 6) is -1.42. The molecule has 0 saturated heterocycles. The van der Waals surface area contributed by atoms with Crippen LogP contribution in [0.3, 0.4) is 0 Å². The van der Waals surface area contributed by atoms with Gasteiger partial charge in [0.15, 0.2) is 0 Å². The Morgan fingerprint density at radius 2 is 1.97 bits per heavy atom. The molecule has 0 radical (unpaired) electrons. The molecule has 1 aliphatic heterocycles. The first-order chi connectivity index (χ1) is 14.9. The zero-order valence-corrected chi connectivity index (χ0v) is 17.8. The van der Waals surface area contributed by atoms with Gasteiger partial charge in [0.25, 0.3) is 0 Å². The Morgan fingerprint density at radius 1 is 1.23 bits per heavy atom. The van der Waals surface area contributed by atoms with E-state index in [9.17, 15) is 19.4 Å². The highest BCUT2D eigenvalue weighted by Gasteiger charge is 2.38. The topological polar surface area (TPSA) is 120 Å². The van der Waals surface area contributed by atoms with Crippen molar-refractivity contribution in [1.29, 1.82) is 0 Å². The van der Waals surface area contributed by atoms with Crippen LogP contribution in [0, 0.1) is 0 Å². The standard InChI is InChI=1S/C21H28BNO8/c1-3-18(24)23-17-12-14-8-7-11-16(19(14)31-22(17)27)20(25)28-13(2)29-21(26)30-15-9-5-4-6-10-15/h7-8,11,13,15,17,27H,3-6,9-10,12H2,1-2H3,(H,23,24). The van der Waals surface area contributed by atoms with Crippen molar-refractivity contribution in [2.45, 2.75) is 77.1 Å². The summed E-state index contributed by atoms with van der Waals surface area (Å²) >= 11 is 0. The summed E-state index contributed by atoms with van der Waals surface area (Å²) < 4.78 is 21.0. The van der Waals surface area contributed by atoms with E-state index in [0.717, 1.165) is 32.1 Å².